The lowest BCUT2D eigenvalue weighted by Gasteiger charge is -1.99. The van der Waals surface area contributed by atoms with Crippen molar-refractivity contribution in [3.05, 3.63) is 40.4 Å². The fourth-order valence-corrected chi connectivity index (χ4v) is 1.39. The molecule has 0 spiro atoms. The molecule has 2 heterocycles. The highest BCUT2D eigenvalue weighted by Gasteiger charge is 1.98. The van der Waals surface area contributed by atoms with Crippen LogP contribution in [0.5, 0.6) is 0 Å². The lowest BCUT2D eigenvalue weighted by molar-refractivity contribution is 0.975. The molecule has 0 atom stereocenters. The lowest BCUT2D eigenvalue weighted by Crippen LogP contribution is -2.04. The maximum atomic E-state index is 11.1. The fourth-order valence-electron chi connectivity index (χ4n) is 1.39. The van der Waals surface area contributed by atoms with Crippen molar-refractivity contribution in [3.63, 3.8) is 0 Å². The average molecular weight is 162 g/mol. The summed E-state index contributed by atoms with van der Waals surface area (Å²) < 4.78 is 1.99. The zero-order valence-electron chi connectivity index (χ0n) is 6.87. The van der Waals surface area contributed by atoms with Crippen molar-refractivity contribution in [1.82, 2.24) is 9.38 Å². The Morgan fingerprint density at radius 1 is 1.50 bits per heavy atom. The molecule has 0 amide bonds. The Balaban J connectivity index is 2.89. The van der Waals surface area contributed by atoms with Crippen molar-refractivity contribution in [2.75, 3.05) is 0 Å². The second-order valence-electron chi connectivity index (χ2n) is 2.75. The number of H-pyrrole nitrogens is 1. The highest BCUT2D eigenvalue weighted by atomic mass is 16.1. The summed E-state index contributed by atoms with van der Waals surface area (Å²) in [5.41, 5.74) is 1.97. The number of nitrogens with zero attached hydrogens (tertiary/aromatic N) is 1. The first-order valence-corrected chi connectivity index (χ1v) is 4.00. The number of pyridine rings is 1. The molecule has 0 aliphatic heterocycles. The number of imidazole rings is 1. The maximum absolute atomic E-state index is 11.1. The molecule has 2 aromatic rings. The lowest BCUT2D eigenvalue weighted by atomic mass is 10.3. The van der Waals surface area contributed by atoms with E-state index in [0.29, 0.717) is 0 Å². The molecule has 0 aromatic carbocycles. The van der Waals surface area contributed by atoms with E-state index in [-0.39, 0.29) is 5.43 Å². The van der Waals surface area contributed by atoms with Crippen LogP contribution in [-0.2, 0) is 6.42 Å². The number of aryl methyl sites for hydroxylation is 1. The summed E-state index contributed by atoms with van der Waals surface area (Å²) in [6.45, 7) is 2.04. The largest absolute Gasteiger partial charge is 0.346 e. The number of hydrogen-bond acceptors (Lipinski definition) is 1. The summed E-state index contributed by atoms with van der Waals surface area (Å²) in [6, 6.07) is 3.26. The van der Waals surface area contributed by atoms with Crippen LogP contribution in [0.4, 0.5) is 0 Å². The third-order valence-corrected chi connectivity index (χ3v) is 1.97. The van der Waals surface area contributed by atoms with Crippen LogP contribution in [0.15, 0.2) is 29.3 Å². The Labute approximate surface area is 69.7 Å². The van der Waals surface area contributed by atoms with Gasteiger partial charge in [0.2, 0.25) is 0 Å². The van der Waals surface area contributed by atoms with E-state index in [1.807, 2.05) is 23.7 Å². The van der Waals surface area contributed by atoms with Crippen molar-refractivity contribution in [1.29, 1.82) is 0 Å². The third-order valence-electron chi connectivity index (χ3n) is 1.97. The predicted molar refractivity (Wildman–Crippen MR) is 47.4 cm³/mol. The normalized spacial score (nSPS) is 10.8. The second kappa shape index (κ2) is 2.52. The highest BCUT2D eigenvalue weighted by molar-refractivity contribution is 5.39. The molecule has 1 N–H and O–H groups in total. The number of hydrogen-bond donors (Lipinski definition) is 1. The van der Waals surface area contributed by atoms with Gasteiger partial charge in [0, 0.05) is 30.2 Å². The van der Waals surface area contributed by atoms with E-state index in [9.17, 15) is 4.79 Å². The van der Waals surface area contributed by atoms with Crippen LogP contribution in [0.2, 0.25) is 0 Å². The average Bonchev–Trinajstić information content (AvgIpc) is 2.50. The minimum absolute atomic E-state index is 0.0642. The smallest absolute Gasteiger partial charge is 0.184 e. The summed E-state index contributed by atoms with van der Waals surface area (Å²) in [5.74, 6) is 0. The molecule has 12 heavy (non-hydrogen) atoms. The van der Waals surface area contributed by atoms with Crippen LogP contribution >= 0.6 is 0 Å². The Hall–Kier alpha value is -1.51. The molecule has 0 saturated carbocycles. The van der Waals surface area contributed by atoms with Gasteiger partial charge in [-0.3, -0.25) is 4.79 Å². The van der Waals surface area contributed by atoms with E-state index in [1.165, 1.54) is 0 Å². The summed E-state index contributed by atoms with van der Waals surface area (Å²) in [6.07, 6.45) is 4.62. The minimum atomic E-state index is 0.0642. The molecule has 0 aliphatic rings. The molecule has 0 aliphatic carbocycles. The van der Waals surface area contributed by atoms with Crippen LogP contribution in [0.3, 0.4) is 0 Å². The SMILES string of the molecule is CCc1cc(=O)cc2[nH]ccn12. The summed E-state index contributed by atoms with van der Waals surface area (Å²) in [7, 11) is 0. The first-order chi connectivity index (χ1) is 5.81. The third kappa shape index (κ3) is 0.942. The van der Waals surface area contributed by atoms with Gasteiger partial charge in [-0.1, -0.05) is 6.92 Å². The van der Waals surface area contributed by atoms with Crippen molar-refractivity contribution in [2.24, 2.45) is 0 Å². The first kappa shape index (κ1) is 7.16. The summed E-state index contributed by atoms with van der Waals surface area (Å²) in [5, 5.41) is 0. The van der Waals surface area contributed by atoms with Crippen molar-refractivity contribution >= 4 is 5.65 Å². The highest BCUT2D eigenvalue weighted by Crippen LogP contribution is 2.02. The number of aromatic nitrogens is 2. The van der Waals surface area contributed by atoms with Gasteiger partial charge in [-0.25, -0.2) is 0 Å². The molecule has 0 saturated heterocycles. The van der Waals surface area contributed by atoms with Gasteiger partial charge in [0.1, 0.15) is 5.65 Å². The molecule has 0 fully saturated rings. The van der Waals surface area contributed by atoms with Crippen molar-refractivity contribution < 1.29 is 0 Å². The molecule has 2 aromatic heterocycles. The number of fused-ring (bicyclic) bond motifs is 1. The van der Waals surface area contributed by atoms with Crippen LogP contribution < -0.4 is 5.43 Å². The van der Waals surface area contributed by atoms with Crippen molar-refractivity contribution in [3.8, 4) is 0 Å². The summed E-state index contributed by atoms with van der Waals surface area (Å²) >= 11 is 0. The van der Waals surface area contributed by atoms with Gasteiger partial charge in [-0.2, -0.15) is 0 Å². The molecule has 3 nitrogen and oxygen atoms in total. The summed E-state index contributed by atoms with van der Waals surface area (Å²) in [4.78, 5) is 14.1. The Morgan fingerprint density at radius 3 is 3.08 bits per heavy atom. The van der Waals surface area contributed by atoms with Crippen LogP contribution in [0.25, 0.3) is 5.65 Å². The number of nitrogens with one attached hydrogen (secondary N) is 1. The molecule has 62 valence electrons. The van der Waals surface area contributed by atoms with Gasteiger partial charge >= 0.3 is 0 Å². The monoisotopic (exact) mass is 162 g/mol. The van der Waals surface area contributed by atoms with Gasteiger partial charge < -0.3 is 9.38 Å². The van der Waals surface area contributed by atoms with Gasteiger partial charge in [-0.15, -0.1) is 0 Å². The van der Waals surface area contributed by atoms with E-state index in [2.05, 4.69) is 4.98 Å². The standard InChI is InChI=1S/C9H10N2O/c1-2-7-5-8(12)6-9-10-3-4-11(7)9/h3-6,10H,2H2,1H3. The zero-order valence-corrected chi connectivity index (χ0v) is 6.87. The fraction of sp³-hybridized carbons (Fsp3) is 0.222. The van der Waals surface area contributed by atoms with E-state index >= 15 is 0 Å². The van der Waals surface area contributed by atoms with E-state index < -0.39 is 0 Å². The second-order valence-corrected chi connectivity index (χ2v) is 2.75. The first-order valence-electron chi connectivity index (χ1n) is 4.00. The van der Waals surface area contributed by atoms with Crippen LogP contribution in [0.1, 0.15) is 12.6 Å². The van der Waals surface area contributed by atoms with E-state index in [1.54, 1.807) is 12.1 Å². The van der Waals surface area contributed by atoms with Crippen LogP contribution in [-0.4, -0.2) is 9.38 Å². The molecule has 2 rings (SSSR count). The van der Waals surface area contributed by atoms with Crippen LogP contribution in [0, 0.1) is 0 Å². The van der Waals surface area contributed by atoms with E-state index in [0.717, 1.165) is 17.8 Å². The predicted octanol–water partition coefficient (Wildman–Crippen LogP) is 1.19. The molecular weight excluding hydrogens is 152 g/mol. The quantitative estimate of drug-likeness (QED) is 0.672. The topological polar surface area (TPSA) is 37.3 Å². The number of rotatable bonds is 1. The Morgan fingerprint density at radius 2 is 2.33 bits per heavy atom. The van der Waals surface area contributed by atoms with Gasteiger partial charge in [0.15, 0.2) is 5.43 Å². The van der Waals surface area contributed by atoms with Crippen molar-refractivity contribution in [2.45, 2.75) is 13.3 Å². The van der Waals surface area contributed by atoms with Gasteiger partial charge in [0.25, 0.3) is 0 Å². The number of aromatic amines is 1. The molecule has 0 unspecified atom stereocenters. The van der Waals surface area contributed by atoms with Gasteiger partial charge in [0.05, 0.1) is 0 Å². The minimum Gasteiger partial charge on any atom is -0.346 e. The molecule has 3 heteroatoms. The molecule has 0 radical (unpaired) electrons. The maximum Gasteiger partial charge on any atom is 0.184 e. The van der Waals surface area contributed by atoms with E-state index in [4.69, 9.17) is 0 Å². The van der Waals surface area contributed by atoms with Gasteiger partial charge in [-0.05, 0) is 6.42 Å². The molecular formula is C9H10N2O. The Bertz CT molecular complexity index is 453. The zero-order chi connectivity index (χ0) is 8.55. The molecule has 0 bridgehead atoms. The Kier molecular flexibility index (Phi) is 1.50.